The lowest BCUT2D eigenvalue weighted by atomic mass is 10.2. The Morgan fingerprint density at radius 2 is 2.24 bits per heavy atom. The molecule has 0 radical (unpaired) electrons. The molecule has 3 rings (SSSR count). The van der Waals surface area contributed by atoms with Crippen LogP contribution in [0, 0.1) is 6.92 Å². The van der Waals surface area contributed by atoms with Crippen molar-refractivity contribution in [3.05, 3.63) is 23.8 Å². The number of carbonyl (C=O) groups is 1. The molecular weight excluding hydrogens is 286 g/mol. The first-order chi connectivity index (χ1) is 10.2. The van der Waals surface area contributed by atoms with Gasteiger partial charge >= 0.3 is 0 Å². The maximum atomic E-state index is 12.0. The van der Waals surface area contributed by atoms with Crippen molar-refractivity contribution in [2.45, 2.75) is 13.3 Å². The van der Waals surface area contributed by atoms with Crippen LogP contribution in [0.4, 0.5) is 5.13 Å². The smallest absolute Gasteiger partial charge is 0.227 e. The van der Waals surface area contributed by atoms with Crippen LogP contribution in [0.2, 0.25) is 0 Å². The van der Waals surface area contributed by atoms with Crippen molar-refractivity contribution < 1.29 is 9.53 Å². The van der Waals surface area contributed by atoms with Crippen LogP contribution in [0.5, 0.6) is 0 Å². The normalized spacial score (nSPS) is 16.2. The second-order valence-electron chi connectivity index (χ2n) is 5.24. The molecule has 0 unspecified atom stereocenters. The van der Waals surface area contributed by atoms with E-state index in [0.717, 1.165) is 43.1 Å². The van der Waals surface area contributed by atoms with E-state index in [1.165, 1.54) is 16.9 Å². The first kappa shape index (κ1) is 14.4. The molecule has 1 aromatic carbocycles. The minimum atomic E-state index is 0.0252. The highest BCUT2D eigenvalue weighted by molar-refractivity contribution is 7.22. The number of ether oxygens (including phenoxy) is 1. The molecule has 2 heterocycles. The number of morpholine rings is 1. The van der Waals surface area contributed by atoms with E-state index in [1.54, 1.807) is 0 Å². The Bertz CT molecular complexity index is 635. The topological polar surface area (TPSA) is 54.5 Å². The van der Waals surface area contributed by atoms with Gasteiger partial charge in [0, 0.05) is 26.1 Å². The average Bonchev–Trinajstić information content (AvgIpc) is 2.87. The van der Waals surface area contributed by atoms with Gasteiger partial charge in [0.05, 0.1) is 23.4 Å². The van der Waals surface area contributed by atoms with E-state index in [4.69, 9.17) is 4.74 Å². The lowest BCUT2D eigenvalue weighted by molar-refractivity contribution is -0.116. The Kier molecular flexibility index (Phi) is 4.48. The van der Waals surface area contributed by atoms with E-state index in [-0.39, 0.29) is 5.91 Å². The van der Waals surface area contributed by atoms with E-state index in [1.807, 2.05) is 12.1 Å². The molecule has 5 nitrogen and oxygen atoms in total. The zero-order chi connectivity index (χ0) is 14.7. The number of benzene rings is 1. The lowest BCUT2D eigenvalue weighted by Gasteiger charge is -2.26. The van der Waals surface area contributed by atoms with Crippen molar-refractivity contribution in [2.24, 2.45) is 0 Å². The third-order valence-corrected chi connectivity index (χ3v) is 4.48. The highest BCUT2D eigenvalue weighted by Crippen LogP contribution is 2.26. The number of nitrogens with zero attached hydrogens (tertiary/aromatic N) is 2. The summed E-state index contributed by atoms with van der Waals surface area (Å²) in [5, 5.41) is 3.58. The number of hydrogen-bond acceptors (Lipinski definition) is 5. The summed E-state index contributed by atoms with van der Waals surface area (Å²) in [6.45, 7) is 6.18. The number of fused-ring (bicyclic) bond motifs is 1. The van der Waals surface area contributed by atoms with Gasteiger partial charge in [-0.05, 0) is 24.6 Å². The van der Waals surface area contributed by atoms with Crippen molar-refractivity contribution in [3.8, 4) is 0 Å². The molecule has 1 saturated heterocycles. The summed E-state index contributed by atoms with van der Waals surface area (Å²) < 4.78 is 6.40. The largest absolute Gasteiger partial charge is 0.379 e. The maximum Gasteiger partial charge on any atom is 0.227 e. The van der Waals surface area contributed by atoms with Crippen LogP contribution < -0.4 is 5.32 Å². The minimum Gasteiger partial charge on any atom is -0.379 e. The molecule has 1 aromatic heterocycles. The third kappa shape index (κ3) is 3.78. The molecule has 0 bridgehead atoms. The summed E-state index contributed by atoms with van der Waals surface area (Å²) >= 11 is 1.52. The molecule has 1 aliphatic rings. The molecule has 1 amide bonds. The Morgan fingerprint density at radius 3 is 3.05 bits per heavy atom. The highest BCUT2D eigenvalue weighted by Gasteiger charge is 2.13. The quantitative estimate of drug-likeness (QED) is 0.941. The van der Waals surface area contributed by atoms with Crippen LogP contribution in [-0.4, -0.2) is 48.6 Å². The third-order valence-electron chi connectivity index (χ3n) is 3.55. The summed E-state index contributed by atoms with van der Waals surface area (Å²) in [7, 11) is 0. The van der Waals surface area contributed by atoms with Gasteiger partial charge < -0.3 is 10.1 Å². The number of aromatic nitrogens is 1. The molecular formula is C15H19N3O2S. The molecule has 6 heteroatoms. The van der Waals surface area contributed by atoms with E-state index >= 15 is 0 Å². The van der Waals surface area contributed by atoms with Crippen LogP contribution in [0.25, 0.3) is 10.2 Å². The van der Waals surface area contributed by atoms with Gasteiger partial charge in [-0.1, -0.05) is 17.4 Å². The van der Waals surface area contributed by atoms with Crippen molar-refractivity contribution in [2.75, 3.05) is 38.2 Å². The Hall–Kier alpha value is -1.50. The van der Waals surface area contributed by atoms with Crippen LogP contribution in [0.15, 0.2) is 18.2 Å². The predicted octanol–water partition coefficient (Wildman–Crippen LogP) is 2.27. The first-order valence-corrected chi connectivity index (χ1v) is 7.99. The molecule has 21 heavy (non-hydrogen) atoms. The molecule has 1 aliphatic heterocycles. The van der Waals surface area contributed by atoms with Gasteiger partial charge in [0.15, 0.2) is 5.13 Å². The number of thiazole rings is 1. The fraction of sp³-hybridized carbons (Fsp3) is 0.467. The molecule has 0 atom stereocenters. The van der Waals surface area contributed by atoms with Crippen LogP contribution >= 0.6 is 11.3 Å². The molecule has 1 N–H and O–H groups in total. The van der Waals surface area contributed by atoms with E-state index in [2.05, 4.69) is 28.2 Å². The second kappa shape index (κ2) is 6.51. The van der Waals surface area contributed by atoms with Gasteiger partial charge in [0.2, 0.25) is 5.91 Å². The van der Waals surface area contributed by atoms with E-state index in [9.17, 15) is 4.79 Å². The zero-order valence-corrected chi connectivity index (χ0v) is 12.9. The van der Waals surface area contributed by atoms with Crippen molar-refractivity contribution >= 4 is 32.6 Å². The Morgan fingerprint density at radius 1 is 1.43 bits per heavy atom. The maximum absolute atomic E-state index is 12.0. The second-order valence-corrected chi connectivity index (χ2v) is 6.27. The minimum absolute atomic E-state index is 0.0252. The summed E-state index contributed by atoms with van der Waals surface area (Å²) in [5.41, 5.74) is 2.14. The number of hydrogen-bond donors (Lipinski definition) is 1. The van der Waals surface area contributed by atoms with Gasteiger partial charge in [0.1, 0.15) is 0 Å². The van der Waals surface area contributed by atoms with Crippen LogP contribution in [0.3, 0.4) is 0 Å². The number of carbonyl (C=O) groups excluding carboxylic acids is 1. The van der Waals surface area contributed by atoms with Crippen molar-refractivity contribution in [3.63, 3.8) is 0 Å². The average molecular weight is 305 g/mol. The Balaban J connectivity index is 1.55. The summed E-state index contributed by atoms with van der Waals surface area (Å²) in [5.74, 6) is 0.0252. The summed E-state index contributed by atoms with van der Waals surface area (Å²) in [6.07, 6.45) is 0.495. The zero-order valence-electron chi connectivity index (χ0n) is 12.1. The van der Waals surface area contributed by atoms with Crippen LogP contribution in [0.1, 0.15) is 12.0 Å². The highest BCUT2D eigenvalue weighted by atomic mass is 32.1. The standard InChI is InChI=1S/C15H19N3O2S/c1-11-2-3-12-13(10-11)21-15(16-12)17-14(19)4-5-18-6-8-20-9-7-18/h2-3,10H,4-9H2,1H3,(H,16,17,19). The van der Waals surface area contributed by atoms with E-state index < -0.39 is 0 Å². The first-order valence-electron chi connectivity index (χ1n) is 7.18. The van der Waals surface area contributed by atoms with E-state index in [0.29, 0.717) is 11.6 Å². The number of anilines is 1. The van der Waals surface area contributed by atoms with Gasteiger partial charge in [-0.25, -0.2) is 4.98 Å². The monoisotopic (exact) mass is 305 g/mol. The van der Waals surface area contributed by atoms with Crippen molar-refractivity contribution in [1.29, 1.82) is 0 Å². The molecule has 0 saturated carbocycles. The number of nitrogens with one attached hydrogen (secondary N) is 1. The molecule has 0 spiro atoms. The summed E-state index contributed by atoms with van der Waals surface area (Å²) in [4.78, 5) is 18.7. The SMILES string of the molecule is Cc1ccc2nc(NC(=O)CCN3CCOCC3)sc2c1. The van der Waals surface area contributed by atoms with Crippen LogP contribution in [-0.2, 0) is 9.53 Å². The predicted molar refractivity (Wildman–Crippen MR) is 84.9 cm³/mol. The number of amides is 1. The van der Waals surface area contributed by atoms with Gasteiger partial charge in [-0.3, -0.25) is 9.69 Å². The Labute approximate surface area is 127 Å². The number of aryl methyl sites for hydroxylation is 1. The fourth-order valence-corrected chi connectivity index (χ4v) is 3.33. The molecule has 112 valence electrons. The lowest BCUT2D eigenvalue weighted by Crippen LogP contribution is -2.38. The number of rotatable bonds is 4. The molecule has 2 aromatic rings. The summed E-state index contributed by atoms with van der Waals surface area (Å²) in [6, 6.07) is 6.12. The van der Waals surface area contributed by atoms with Gasteiger partial charge in [-0.2, -0.15) is 0 Å². The van der Waals surface area contributed by atoms with Gasteiger partial charge in [-0.15, -0.1) is 0 Å². The fourth-order valence-electron chi connectivity index (χ4n) is 2.35. The van der Waals surface area contributed by atoms with Crippen molar-refractivity contribution in [1.82, 2.24) is 9.88 Å². The molecule has 0 aliphatic carbocycles. The molecule has 1 fully saturated rings. The van der Waals surface area contributed by atoms with Gasteiger partial charge in [0.25, 0.3) is 0 Å².